The second-order valence-electron chi connectivity index (χ2n) is 7.63. The summed E-state index contributed by atoms with van der Waals surface area (Å²) in [5, 5.41) is 14.2. The van der Waals surface area contributed by atoms with Gasteiger partial charge >= 0.3 is 0 Å². The molecule has 1 unspecified atom stereocenters. The Kier molecular flexibility index (Phi) is 5.94. The standard InChI is InChI=1S/C21H27N5OS/c1-14-8-15(2)10-16(9-14)24-21-22-6-5-19(25-21)20-23-11-18(28-20)12-26-7-3-4-17(26)13-27/h5-6,8-10,17-18,27H,3-4,7,11-13H2,1-2H3,(H,22,24,25)/t17-,18?/m0/s1. The van der Waals surface area contributed by atoms with Gasteiger partial charge in [0.2, 0.25) is 5.95 Å². The summed E-state index contributed by atoms with van der Waals surface area (Å²) in [6.45, 7) is 7.28. The van der Waals surface area contributed by atoms with Gasteiger partial charge in [-0.1, -0.05) is 17.8 Å². The molecule has 4 rings (SSSR count). The van der Waals surface area contributed by atoms with Crippen LogP contribution >= 0.6 is 11.8 Å². The first-order valence-corrected chi connectivity index (χ1v) is 10.7. The number of rotatable bonds is 6. The Labute approximate surface area is 170 Å². The molecule has 148 valence electrons. The second-order valence-corrected chi connectivity index (χ2v) is 8.92. The summed E-state index contributed by atoms with van der Waals surface area (Å²) >= 11 is 1.79. The SMILES string of the molecule is Cc1cc(C)cc(Nc2nccc(C3=NCC(CN4CCC[C@H]4CO)S3)n2)c1. The van der Waals surface area contributed by atoms with Crippen LogP contribution in [0.3, 0.4) is 0 Å². The molecule has 0 amide bonds. The van der Waals surface area contributed by atoms with Crippen molar-refractivity contribution in [3.8, 4) is 0 Å². The molecular weight excluding hydrogens is 370 g/mol. The highest BCUT2D eigenvalue weighted by molar-refractivity contribution is 8.15. The fraction of sp³-hybridized carbons (Fsp3) is 0.476. The van der Waals surface area contributed by atoms with E-state index in [1.54, 1.807) is 18.0 Å². The lowest BCUT2D eigenvalue weighted by Gasteiger charge is -2.25. The van der Waals surface area contributed by atoms with E-state index in [9.17, 15) is 5.11 Å². The molecule has 1 aromatic heterocycles. The third-order valence-electron chi connectivity index (χ3n) is 5.22. The van der Waals surface area contributed by atoms with Crippen molar-refractivity contribution < 1.29 is 5.11 Å². The van der Waals surface area contributed by atoms with Crippen LogP contribution in [-0.2, 0) is 0 Å². The molecule has 2 aromatic rings. The van der Waals surface area contributed by atoms with E-state index < -0.39 is 0 Å². The number of likely N-dealkylation sites (tertiary alicyclic amines) is 1. The number of aliphatic hydroxyl groups is 1. The van der Waals surface area contributed by atoms with Crippen LogP contribution in [0.5, 0.6) is 0 Å². The van der Waals surface area contributed by atoms with Crippen LogP contribution in [0, 0.1) is 13.8 Å². The van der Waals surface area contributed by atoms with Crippen LogP contribution in [0.1, 0.15) is 29.7 Å². The molecule has 0 bridgehead atoms. The molecule has 1 fully saturated rings. The van der Waals surface area contributed by atoms with E-state index in [1.807, 2.05) is 6.07 Å². The molecule has 6 nitrogen and oxygen atoms in total. The maximum atomic E-state index is 9.53. The van der Waals surface area contributed by atoms with Gasteiger partial charge in [0, 0.05) is 29.7 Å². The van der Waals surface area contributed by atoms with E-state index in [-0.39, 0.29) is 6.61 Å². The van der Waals surface area contributed by atoms with E-state index >= 15 is 0 Å². The predicted molar refractivity (Wildman–Crippen MR) is 116 cm³/mol. The molecule has 0 spiro atoms. The average Bonchev–Trinajstić information content (AvgIpc) is 3.31. The van der Waals surface area contributed by atoms with Gasteiger partial charge in [0.15, 0.2) is 0 Å². The third-order valence-corrected chi connectivity index (χ3v) is 6.41. The van der Waals surface area contributed by atoms with Crippen molar-refractivity contribution in [1.82, 2.24) is 14.9 Å². The monoisotopic (exact) mass is 397 g/mol. The first-order chi connectivity index (χ1) is 13.6. The van der Waals surface area contributed by atoms with Gasteiger partial charge in [0.1, 0.15) is 10.7 Å². The van der Waals surface area contributed by atoms with Crippen LogP contribution < -0.4 is 5.32 Å². The number of thioether (sulfide) groups is 1. The molecule has 2 aliphatic heterocycles. The predicted octanol–water partition coefficient (Wildman–Crippen LogP) is 3.16. The number of nitrogens with one attached hydrogen (secondary N) is 1. The third kappa shape index (κ3) is 4.54. The molecule has 3 heterocycles. The lowest BCUT2D eigenvalue weighted by molar-refractivity contribution is 0.160. The van der Waals surface area contributed by atoms with Crippen molar-refractivity contribution in [3.63, 3.8) is 0 Å². The van der Waals surface area contributed by atoms with Crippen LogP contribution in [0.4, 0.5) is 11.6 Å². The lowest BCUT2D eigenvalue weighted by Crippen LogP contribution is -2.37. The molecule has 0 saturated carbocycles. The summed E-state index contributed by atoms with van der Waals surface area (Å²) in [6, 6.07) is 8.57. The summed E-state index contributed by atoms with van der Waals surface area (Å²) in [5.41, 5.74) is 4.28. The molecule has 0 aliphatic carbocycles. The Bertz CT molecular complexity index is 851. The van der Waals surface area contributed by atoms with Crippen LogP contribution in [0.15, 0.2) is 35.5 Å². The fourth-order valence-corrected chi connectivity index (χ4v) is 5.09. The minimum Gasteiger partial charge on any atom is -0.395 e. The van der Waals surface area contributed by atoms with Crippen molar-refractivity contribution >= 4 is 28.4 Å². The summed E-state index contributed by atoms with van der Waals surface area (Å²) in [5.74, 6) is 0.592. The quantitative estimate of drug-likeness (QED) is 0.780. The zero-order chi connectivity index (χ0) is 19.5. The van der Waals surface area contributed by atoms with Crippen molar-refractivity contribution in [1.29, 1.82) is 0 Å². The lowest BCUT2D eigenvalue weighted by atomic mass is 10.1. The number of anilines is 2. The average molecular weight is 398 g/mol. The summed E-state index contributed by atoms with van der Waals surface area (Å²) < 4.78 is 0. The molecule has 7 heteroatoms. The number of aliphatic hydroxyl groups excluding tert-OH is 1. The summed E-state index contributed by atoms with van der Waals surface area (Å²) in [7, 11) is 0. The van der Waals surface area contributed by atoms with Gasteiger partial charge in [-0.3, -0.25) is 9.89 Å². The largest absolute Gasteiger partial charge is 0.395 e. The first-order valence-electron chi connectivity index (χ1n) is 9.85. The molecule has 0 radical (unpaired) electrons. The molecule has 2 atom stereocenters. The first kappa shape index (κ1) is 19.4. The Hall–Kier alpha value is -1.96. The highest BCUT2D eigenvalue weighted by atomic mass is 32.2. The number of nitrogens with zero attached hydrogens (tertiary/aromatic N) is 4. The van der Waals surface area contributed by atoms with Crippen LogP contribution in [0.2, 0.25) is 0 Å². The van der Waals surface area contributed by atoms with Crippen molar-refractivity contribution in [2.24, 2.45) is 4.99 Å². The van der Waals surface area contributed by atoms with E-state index in [1.165, 1.54) is 17.5 Å². The van der Waals surface area contributed by atoms with Crippen molar-refractivity contribution in [2.45, 2.75) is 38.0 Å². The van der Waals surface area contributed by atoms with E-state index in [0.717, 1.165) is 42.5 Å². The molecule has 1 aromatic carbocycles. The van der Waals surface area contributed by atoms with Crippen molar-refractivity contribution in [2.75, 3.05) is 31.6 Å². The van der Waals surface area contributed by atoms with Gasteiger partial charge < -0.3 is 10.4 Å². The number of aryl methyl sites for hydroxylation is 2. The number of aliphatic imine (C=N–C) groups is 1. The Morgan fingerprint density at radius 1 is 1.25 bits per heavy atom. The highest BCUT2D eigenvalue weighted by Crippen LogP contribution is 2.28. The smallest absolute Gasteiger partial charge is 0.227 e. The maximum Gasteiger partial charge on any atom is 0.227 e. The molecular formula is C21H27N5OS. The molecule has 2 aliphatic rings. The van der Waals surface area contributed by atoms with E-state index in [0.29, 0.717) is 17.2 Å². The minimum absolute atomic E-state index is 0.254. The van der Waals surface area contributed by atoms with Gasteiger partial charge in [-0.05, 0) is 62.6 Å². The summed E-state index contributed by atoms with van der Waals surface area (Å²) in [4.78, 5) is 16.2. The topological polar surface area (TPSA) is 73.6 Å². The zero-order valence-corrected chi connectivity index (χ0v) is 17.2. The number of hydrogen-bond acceptors (Lipinski definition) is 7. The van der Waals surface area contributed by atoms with Gasteiger partial charge in [-0.25, -0.2) is 9.97 Å². The van der Waals surface area contributed by atoms with Gasteiger partial charge in [0.05, 0.1) is 13.2 Å². The maximum absolute atomic E-state index is 9.53. The number of benzene rings is 1. The zero-order valence-electron chi connectivity index (χ0n) is 16.4. The molecule has 28 heavy (non-hydrogen) atoms. The Balaban J connectivity index is 1.40. The van der Waals surface area contributed by atoms with Crippen molar-refractivity contribution in [3.05, 3.63) is 47.3 Å². The Morgan fingerprint density at radius 3 is 2.86 bits per heavy atom. The van der Waals surface area contributed by atoms with E-state index in [4.69, 9.17) is 4.99 Å². The van der Waals surface area contributed by atoms with Gasteiger partial charge in [0.25, 0.3) is 0 Å². The van der Waals surface area contributed by atoms with Gasteiger partial charge in [-0.15, -0.1) is 0 Å². The van der Waals surface area contributed by atoms with Crippen LogP contribution in [0.25, 0.3) is 0 Å². The second kappa shape index (κ2) is 8.59. The van der Waals surface area contributed by atoms with Crippen LogP contribution in [-0.4, -0.2) is 62.6 Å². The van der Waals surface area contributed by atoms with Gasteiger partial charge in [-0.2, -0.15) is 0 Å². The normalized spacial score (nSPS) is 22.5. The Morgan fingerprint density at radius 2 is 2.07 bits per heavy atom. The number of hydrogen-bond donors (Lipinski definition) is 2. The highest BCUT2D eigenvalue weighted by Gasteiger charge is 2.29. The molecule has 1 saturated heterocycles. The summed E-state index contributed by atoms with van der Waals surface area (Å²) in [6.07, 6.45) is 4.06. The number of aromatic nitrogens is 2. The molecule has 2 N–H and O–H groups in total. The van der Waals surface area contributed by atoms with E-state index in [2.05, 4.69) is 52.2 Å². The fourth-order valence-electron chi connectivity index (χ4n) is 3.97. The minimum atomic E-state index is 0.254.